The summed E-state index contributed by atoms with van der Waals surface area (Å²) in [6.07, 6.45) is 0. The maximum Gasteiger partial charge on any atom is 0.261 e. The van der Waals surface area contributed by atoms with Gasteiger partial charge < -0.3 is 0 Å². The molecule has 0 fully saturated rings. The van der Waals surface area contributed by atoms with E-state index >= 15 is 0 Å². The van der Waals surface area contributed by atoms with Crippen molar-refractivity contribution in [3.8, 4) is 16.9 Å². The lowest BCUT2D eigenvalue weighted by molar-refractivity contribution is 0.0992. The Morgan fingerprint density at radius 3 is 2.17 bits per heavy atom. The number of nitrogens with zero attached hydrogens (tertiary/aromatic N) is 4. The Labute approximate surface area is 174 Å². The van der Waals surface area contributed by atoms with Crippen LogP contribution in [0.25, 0.3) is 16.9 Å². The summed E-state index contributed by atoms with van der Waals surface area (Å²) in [4.78, 5) is 19.9. The number of carbonyl (C=O) groups is 1. The third kappa shape index (κ3) is 2.83. The standard InChI is InChI=1S/C25H20N4O/c1-17-22-23(18-11-5-3-6-12-18)27-29(19-13-7-4-8-14-19)24(22)28(2)25(30)20-15-9-10-16-21(20)26-17/h3-16H,1-2H3. The molecule has 2 heterocycles. The van der Waals surface area contributed by atoms with Gasteiger partial charge in [0.05, 0.1) is 28.2 Å². The summed E-state index contributed by atoms with van der Waals surface area (Å²) >= 11 is 0. The zero-order valence-corrected chi connectivity index (χ0v) is 16.8. The maximum atomic E-state index is 13.4. The minimum atomic E-state index is -0.111. The van der Waals surface area contributed by atoms with Crippen LogP contribution in [0.1, 0.15) is 22.8 Å². The Bertz CT molecular complexity index is 1270. The second-order valence-corrected chi connectivity index (χ2v) is 7.24. The van der Waals surface area contributed by atoms with Crippen molar-refractivity contribution >= 4 is 23.1 Å². The molecule has 0 bridgehead atoms. The van der Waals surface area contributed by atoms with Crippen molar-refractivity contribution in [3.63, 3.8) is 0 Å². The molecule has 0 saturated carbocycles. The molecule has 1 amide bonds. The smallest absolute Gasteiger partial charge is 0.261 e. The van der Waals surface area contributed by atoms with E-state index in [0.29, 0.717) is 17.1 Å². The van der Waals surface area contributed by atoms with Crippen molar-refractivity contribution in [3.05, 3.63) is 96.1 Å². The highest BCUT2D eigenvalue weighted by Crippen LogP contribution is 2.37. The van der Waals surface area contributed by atoms with Gasteiger partial charge >= 0.3 is 0 Å². The quantitative estimate of drug-likeness (QED) is 0.467. The molecule has 0 radical (unpaired) electrons. The molecular formula is C25H20N4O. The summed E-state index contributed by atoms with van der Waals surface area (Å²) in [5.74, 6) is 0.598. The Kier molecular flexibility index (Phi) is 4.29. The van der Waals surface area contributed by atoms with Crippen molar-refractivity contribution in [1.82, 2.24) is 9.78 Å². The lowest BCUT2D eigenvalue weighted by atomic mass is 10.0. The Hall–Kier alpha value is -3.99. The Balaban J connectivity index is 1.87. The van der Waals surface area contributed by atoms with Crippen LogP contribution >= 0.6 is 0 Å². The van der Waals surface area contributed by atoms with E-state index in [1.807, 2.05) is 96.5 Å². The molecule has 0 aliphatic carbocycles. The van der Waals surface area contributed by atoms with Crippen molar-refractivity contribution in [2.45, 2.75) is 6.92 Å². The van der Waals surface area contributed by atoms with E-state index in [-0.39, 0.29) is 5.91 Å². The summed E-state index contributed by atoms with van der Waals surface area (Å²) in [7, 11) is 1.80. The van der Waals surface area contributed by atoms with E-state index in [2.05, 4.69) is 0 Å². The van der Waals surface area contributed by atoms with Gasteiger partial charge in [0.1, 0.15) is 11.5 Å². The molecule has 0 atom stereocenters. The molecular weight excluding hydrogens is 372 g/mol. The first-order valence-corrected chi connectivity index (χ1v) is 9.82. The fourth-order valence-corrected chi connectivity index (χ4v) is 3.86. The molecule has 5 heteroatoms. The number of rotatable bonds is 2. The number of anilines is 1. The predicted octanol–water partition coefficient (Wildman–Crippen LogP) is 5.27. The minimum absolute atomic E-state index is 0.111. The van der Waals surface area contributed by atoms with E-state index in [1.54, 1.807) is 11.9 Å². The fourth-order valence-electron chi connectivity index (χ4n) is 3.86. The largest absolute Gasteiger partial charge is 0.295 e. The van der Waals surface area contributed by atoms with E-state index < -0.39 is 0 Å². The second-order valence-electron chi connectivity index (χ2n) is 7.24. The van der Waals surface area contributed by atoms with Crippen LogP contribution in [0, 0.1) is 0 Å². The van der Waals surface area contributed by atoms with Crippen LogP contribution in [0.4, 0.5) is 11.5 Å². The van der Waals surface area contributed by atoms with Crippen LogP contribution in [0.15, 0.2) is 89.9 Å². The summed E-state index contributed by atoms with van der Waals surface area (Å²) in [6.45, 7) is 1.97. The molecule has 1 aromatic heterocycles. The number of aromatic nitrogens is 2. The Morgan fingerprint density at radius 2 is 1.43 bits per heavy atom. The van der Waals surface area contributed by atoms with Gasteiger partial charge in [-0.2, -0.15) is 5.10 Å². The lowest BCUT2D eigenvalue weighted by Gasteiger charge is -2.23. The van der Waals surface area contributed by atoms with Crippen molar-refractivity contribution in [2.24, 2.45) is 4.99 Å². The van der Waals surface area contributed by atoms with E-state index in [0.717, 1.165) is 28.2 Å². The number of aliphatic imine (C=N–C) groups is 1. The van der Waals surface area contributed by atoms with Crippen molar-refractivity contribution < 1.29 is 4.79 Å². The highest BCUT2D eigenvalue weighted by molar-refractivity contribution is 6.17. The molecule has 30 heavy (non-hydrogen) atoms. The summed E-state index contributed by atoms with van der Waals surface area (Å²) < 4.78 is 1.84. The zero-order chi connectivity index (χ0) is 20.7. The van der Waals surface area contributed by atoms with Gasteiger partial charge in [-0.3, -0.25) is 14.7 Å². The SMILES string of the molecule is CC1=Nc2ccccc2C(=O)N(C)c2c1c(-c1ccccc1)nn2-c1ccccc1. The number of hydrogen-bond donors (Lipinski definition) is 0. The van der Waals surface area contributed by atoms with Crippen LogP contribution < -0.4 is 4.90 Å². The number of benzene rings is 3. The van der Waals surface area contributed by atoms with Crippen molar-refractivity contribution in [1.29, 1.82) is 0 Å². The molecule has 4 aromatic rings. The molecule has 0 unspecified atom stereocenters. The first-order valence-electron chi connectivity index (χ1n) is 9.82. The molecule has 0 saturated heterocycles. The van der Waals surface area contributed by atoms with Gasteiger partial charge in [0, 0.05) is 12.6 Å². The van der Waals surface area contributed by atoms with E-state index in [1.165, 1.54) is 0 Å². The maximum absolute atomic E-state index is 13.4. The monoisotopic (exact) mass is 392 g/mol. The van der Waals surface area contributed by atoms with Gasteiger partial charge in [-0.15, -0.1) is 0 Å². The van der Waals surface area contributed by atoms with E-state index in [4.69, 9.17) is 10.1 Å². The molecule has 0 N–H and O–H groups in total. The van der Waals surface area contributed by atoms with Gasteiger partial charge in [0.25, 0.3) is 5.91 Å². The molecule has 146 valence electrons. The van der Waals surface area contributed by atoms with Gasteiger partial charge in [0.2, 0.25) is 0 Å². The van der Waals surface area contributed by atoms with Crippen LogP contribution in [-0.2, 0) is 0 Å². The van der Waals surface area contributed by atoms with Gasteiger partial charge in [0.15, 0.2) is 0 Å². The number of amides is 1. The topological polar surface area (TPSA) is 50.5 Å². The molecule has 5 rings (SSSR count). The molecule has 0 spiro atoms. The molecule has 1 aliphatic rings. The summed E-state index contributed by atoms with van der Waals surface area (Å²) in [6, 6.07) is 27.3. The van der Waals surface area contributed by atoms with Crippen LogP contribution in [0.2, 0.25) is 0 Å². The average molecular weight is 392 g/mol. The number of hydrogen-bond acceptors (Lipinski definition) is 3. The molecule has 1 aliphatic heterocycles. The third-order valence-electron chi connectivity index (χ3n) is 5.32. The van der Waals surface area contributed by atoms with Crippen LogP contribution in [0.3, 0.4) is 0 Å². The summed E-state index contributed by atoms with van der Waals surface area (Å²) in [5.41, 5.74) is 5.59. The van der Waals surface area contributed by atoms with Crippen LogP contribution in [0.5, 0.6) is 0 Å². The normalized spacial score (nSPS) is 13.2. The number of carbonyl (C=O) groups excluding carboxylic acids is 1. The highest BCUT2D eigenvalue weighted by atomic mass is 16.2. The zero-order valence-electron chi connectivity index (χ0n) is 16.8. The first-order chi connectivity index (χ1) is 14.6. The minimum Gasteiger partial charge on any atom is -0.295 e. The molecule has 3 aromatic carbocycles. The highest BCUT2D eigenvalue weighted by Gasteiger charge is 2.30. The van der Waals surface area contributed by atoms with Crippen molar-refractivity contribution in [2.75, 3.05) is 11.9 Å². The van der Waals surface area contributed by atoms with Crippen LogP contribution in [-0.4, -0.2) is 28.4 Å². The number of para-hydroxylation sites is 2. The van der Waals surface area contributed by atoms with Gasteiger partial charge in [-0.1, -0.05) is 60.7 Å². The predicted molar refractivity (Wildman–Crippen MR) is 120 cm³/mol. The fraction of sp³-hybridized carbons (Fsp3) is 0.0800. The van der Waals surface area contributed by atoms with Gasteiger partial charge in [-0.05, 0) is 31.2 Å². The number of fused-ring (bicyclic) bond motifs is 2. The summed E-state index contributed by atoms with van der Waals surface area (Å²) in [5, 5.41) is 4.96. The van der Waals surface area contributed by atoms with E-state index in [9.17, 15) is 4.79 Å². The van der Waals surface area contributed by atoms with Gasteiger partial charge in [-0.25, -0.2) is 4.68 Å². The average Bonchev–Trinajstić information content (AvgIpc) is 3.20. The Morgan fingerprint density at radius 1 is 0.800 bits per heavy atom. The lowest BCUT2D eigenvalue weighted by Crippen LogP contribution is -2.30. The molecule has 5 nitrogen and oxygen atoms in total. The first kappa shape index (κ1) is 18.1. The second kappa shape index (κ2) is 7.12. The third-order valence-corrected chi connectivity index (χ3v) is 5.32.